The summed E-state index contributed by atoms with van der Waals surface area (Å²) in [4.78, 5) is 0. The summed E-state index contributed by atoms with van der Waals surface area (Å²) in [5.41, 5.74) is 7.08. The van der Waals surface area contributed by atoms with Crippen LogP contribution in [0.4, 0.5) is 5.69 Å². The molecule has 0 aliphatic carbocycles. The lowest BCUT2D eigenvalue weighted by atomic mass is 10.5. The molecule has 2 N–H and O–H groups in total. The van der Waals surface area contributed by atoms with Gasteiger partial charge in [-0.25, -0.2) is 0 Å². The van der Waals surface area contributed by atoms with E-state index in [-0.39, 0.29) is 0 Å². The number of hydrogen-bond donors (Lipinski definition) is 1. The summed E-state index contributed by atoms with van der Waals surface area (Å²) < 4.78 is 3.45. The van der Waals surface area contributed by atoms with Gasteiger partial charge in [-0.1, -0.05) is 0 Å². The van der Waals surface area contributed by atoms with Crippen LogP contribution in [0.5, 0.6) is 0 Å². The summed E-state index contributed by atoms with van der Waals surface area (Å²) in [5.74, 6) is 0. The lowest BCUT2D eigenvalue weighted by molar-refractivity contribution is 0.756. The van der Waals surface area contributed by atoms with Crippen molar-refractivity contribution >= 4 is 5.69 Å². The number of nitrogens with zero attached hydrogens (tertiary/aromatic N) is 4. The Morgan fingerprint density at radius 3 is 2.14 bits per heavy atom. The molecule has 2 aromatic rings. The Bertz CT molecular complexity index is 316. The minimum atomic E-state index is 0.711. The predicted octanol–water partition coefficient (Wildman–Crippen LogP) is 0.731. The molecule has 2 heterocycles. The van der Waals surface area contributed by atoms with Crippen molar-refractivity contribution in [3.05, 3.63) is 30.4 Å². The van der Waals surface area contributed by atoms with E-state index in [1.54, 1.807) is 21.8 Å². The summed E-state index contributed by atoms with van der Waals surface area (Å²) in [7, 11) is 3.74. The Balaban J connectivity index is 0.000000140. The van der Waals surface area contributed by atoms with Crippen molar-refractivity contribution in [1.29, 1.82) is 0 Å². The number of rotatable bonds is 0. The molecule has 2 rings (SSSR count). The van der Waals surface area contributed by atoms with Crippen LogP contribution in [0, 0.1) is 6.92 Å². The lowest BCUT2D eigenvalue weighted by Crippen LogP contribution is -1.86. The largest absolute Gasteiger partial charge is 0.396 e. The van der Waals surface area contributed by atoms with Crippen LogP contribution in [0.1, 0.15) is 5.69 Å². The third-order valence-electron chi connectivity index (χ3n) is 1.57. The molecule has 0 saturated heterocycles. The minimum Gasteiger partial charge on any atom is -0.396 e. The Hall–Kier alpha value is -1.78. The van der Waals surface area contributed by atoms with Gasteiger partial charge >= 0.3 is 0 Å². The van der Waals surface area contributed by atoms with E-state index in [2.05, 4.69) is 10.2 Å². The number of hydrogen-bond acceptors (Lipinski definition) is 3. The Morgan fingerprint density at radius 1 is 1.29 bits per heavy atom. The van der Waals surface area contributed by atoms with E-state index in [4.69, 9.17) is 5.73 Å². The molecule has 0 amide bonds. The van der Waals surface area contributed by atoms with E-state index < -0.39 is 0 Å². The molecule has 0 spiro atoms. The van der Waals surface area contributed by atoms with Crippen LogP contribution in [0.3, 0.4) is 0 Å². The topological polar surface area (TPSA) is 61.7 Å². The smallest absolute Gasteiger partial charge is 0.0719 e. The SMILES string of the molecule is Cc1ccn(C)n1.Cn1cc(N)cn1. The van der Waals surface area contributed by atoms with Gasteiger partial charge in [-0.05, 0) is 13.0 Å². The molecule has 0 atom stereocenters. The van der Waals surface area contributed by atoms with E-state index >= 15 is 0 Å². The Kier molecular flexibility index (Phi) is 3.28. The first-order valence-corrected chi connectivity index (χ1v) is 4.28. The van der Waals surface area contributed by atoms with Gasteiger partial charge in [0.2, 0.25) is 0 Å². The maximum Gasteiger partial charge on any atom is 0.0719 e. The van der Waals surface area contributed by atoms with Crippen molar-refractivity contribution in [1.82, 2.24) is 19.6 Å². The van der Waals surface area contributed by atoms with Crippen LogP contribution < -0.4 is 5.73 Å². The molecule has 0 fully saturated rings. The van der Waals surface area contributed by atoms with Gasteiger partial charge in [0.1, 0.15) is 0 Å². The highest BCUT2D eigenvalue weighted by Crippen LogP contribution is 1.92. The Labute approximate surface area is 83.1 Å². The van der Waals surface area contributed by atoms with Crippen molar-refractivity contribution in [2.45, 2.75) is 6.92 Å². The number of nitrogen functional groups attached to an aromatic ring is 1. The normalized spacial score (nSPS) is 9.36. The molecule has 76 valence electrons. The minimum absolute atomic E-state index is 0.711. The molecule has 0 saturated carbocycles. The van der Waals surface area contributed by atoms with E-state index in [0.29, 0.717) is 5.69 Å². The van der Waals surface area contributed by atoms with E-state index in [1.807, 2.05) is 33.3 Å². The second kappa shape index (κ2) is 4.45. The summed E-state index contributed by atoms with van der Waals surface area (Å²) >= 11 is 0. The van der Waals surface area contributed by atoms with Crippen LogP contribution >= 0.6 is 0 Å². The molecule has 5 nitrogen and oxygen atoms in total. The van der Waals surface area contributed by atoms with Gasteiger partial charge in [-0.15, -0.1) is 0 Å². The maximum atomic E-state index is 5.30. The fourth-order valence-electron chi connectivity index (χ4n) is 0.971. The summed E-state index contributed by atoms with van der Waals surface area (Å²) in [5, 5.41) is 7.84. The average Bonchev–Trinajstić information content (AvgIpc) is 2.63. The van der Waals surface area contributed by atoms with Crippen LogP contribution in [-0.2, 0) is 14.1 Å². The zero-order chi connectivity index (χ0) is 10.6. The number of anilines is 1. The van der Waals surface area contributed by atoms with E-state index in [0.717, 1.165) is 5.69 Å². The van der Waals surface area contributed by atoms with Gasteiger partial charge in [0.05, 0.1) is 17.6 Å². The third kappa shape index (κ3) is 3.30. The predicted molar refractivity (Wildman–Crippen MR) is 55.6 cm³/mol. The highest BCUT2D eigenvalue weighted by atomic mass is 15.2. The molecule has 5 heteroatoms. The lowest BCUT2D eigenvalue weighted by Gasteiger charge is -1.79. The standard InChI is InChI=1S/C5H8N2.C4H7N3/c1-5-3-4-7(2)6-5;1-7-3-4(5)2-6-7/h3-4H,1-2H3;2-3H,5H2,1H3. The van der Waals surface area contributed by atoms with Gasteiger partial charge in [-0.2, -0.15) is 10.2 Å². The van der Waals surface area contributed by atoms with Gasteiger partial charge in [-0.3, -0.25) is 9.36 Å². The van der Waals surface area contributed by atoms with Crippen LogP contribution in [0.25, 0.3) is 0 Å². The first-order chi connectivity index (χ1) is 6.58. The van der Waals surface area contributed by atoms with E-state index in [9.17, 15) is 0 Å². The summed E-state index contributed by atoms with van der Waals surface area (Å²) in [6, 6.07) is 1.97. The molecular formula is C9H15N5. The molecule has 0 aliphatic rings. The molecule has 0 bridgehead atoms. The summed E-state index contributed by atoms with van der Waals surface area (Å²) in [6.45, 7) is 1.97. The maximum absolute atomic E-state index is 5.30. The highest BCUT2D eigenvalue weighted by Gasteiger charge is 1.82. The molecule has 14 heavy (non-hydrogen) atoms. The van der Waals surface area contributed by atoms with Crippen LogP contribution in [0.2, 0.25) is 0 Å². The zero-order valence-corrected chi connectivity index (χ0v) is 8.68. The van der Waals surface area contributed by atoms with E-state index in [1.165, 1.54) is 0 Å². The van der Waals surface area contributed by atoms with Crippen molar-refractivity contribution < 1.29 is 0 Å². The van der Waals surface area contributed by atoms with Crippen molar-refractivity contribution in [2.24, 2.45) is 14.1 Å². The zero-order valence-electron chi connectivity index (χ0n) is 8.68. The average molecular weight is 193 g/mol. The monoisotopic (exact) mass is 193 g/mol. The second-order valence-electron chi connectivity index (χ2n) is 3.08. The first kappa shape index (κ1) is 10.3. The molecular weight excluding hydrogens is 178 g/mol. The van der Waals surface area contributed by atoms with Gasteiger partial charge in [0.15, 0.2) is 0 Å². The number of aromatic nitrogens is 4. The fourth-order valence-corrected chi connectivity index (χ4v) is 0.971. The molecule has 0 aromatic carbocycles. The quantitative estimate of drug-likeness (QED) is 0.671. The van der Waals surface area contributed by atoms with Gasteiger partial charge < -0.3 is 5.73 Å². The number of nitrogens with two attached hydrogens (primary N) is 1. The number of aryl methyl sites for hydroxylation is 3. The second-order valence-corrected chi connectivity index (χ2v) is 3.08. The molecule has 0 unspecified atom stereocenters. The Morgan fingerprint density at radius 2 is 2.00 bits per heavy atom. The van der Waals surface area contributed by atoms with Crippen LogP contribution in [0.15, 0.2) is 24.7 Å². The van der Waals surface area contributed by atoms with Gasteiger partial charge in [0.25, 0.3) is 0 Å². The molecule has 0 aliphatic heterocycles. The van der Waals surface area contributed by atoms with Crippen molar-refractivity contribution in [3.8, 4) is 0 Å². The summed E-state index contributed by atoms with van der Waals surface area (Å²) in [6.07, 6.45) is 5.29. The van der Waals surface area contributed by atoms with Crippen LogP contribution in [-0.4, -0.2) is 19.6 Å². The van der Waals surface area contributed by atoms with Crippen molar-refractivity contribution in [2.75, 3.05) is 5.73 Å². The van der Waals surface area contributed by atoms with Gasteiger partial charge in [0, 0.05) is 26.5 Å². The molecule has 2 aromatic heterocycles. The highest BCUT2D eigenvalue weighted by molar-refractivity contribution is 5.30. The van der Waals surface area contributed by atoms with Crippen molar-refractivity contribution in [3.63, 3.8) is 0 Å². The first-order valence-electron chi connectivity index (χ1n) is 4.28. The molecule has 0 radical (unpaired) electrons. The third-order valence-corrected chi connectivity index (χ3v) is 1.57. The fraction of sp³-hybridized carbons (Fsp3) is 0.333.